The fraction of sp³-hybridized carbons (Fsp3) is 0.143. The first-order valence-corrected chi connectivity index (χ1v) is 7.47. The number of rotatable bonds is 4. The van der Waals surface area contributed by atoms with Crippen molar-refractivity contribution in [2.24, 2.45) is 0 Å². The molecule has 1 aromatic heterocycles. The van der Waals surface area contributed by atoms with Gasteiger partial charge in [-0.1, -0.05) is 45.2 Å². The minimum Gasteiger partial charge on any atom is -0.380 e. The number of hydrogen-bond acceptors (Lipinski definition) is 3. The SMILES string of the molecule is COCc1c(Br)cccc1NC(=O)c1cc(Cl)nc(Cl)c1. The molecular formula is C14H11BrCl2N2O2. The van der Waals surface area contributed by atoms with Gasteiger partial charge in [-0.15, -0.1) is 0 Å². The van der Waals surface area contributed by atoms with Gasteiger partial charge in [-0.3, -0.25) is 4.79 Å². The van der Waals surface area contributed by atoms with Gasteiger partial charge in [0, 0.05) is 28.4 Å². The van der Waals surface area contributed by atoms with E-state index in [0.717, 1.165) is 10.0 Å². The molecule has 2 rings (SSSR count). The van der Waals surface area contributed by atoms with E-state index in [9.17, 15) is 4.79 Å². The third-order valence-corrected chi connectivity index (χ3v) is 3.81. The monoisotopic (exact) mass is 388 g/mol. The third kappa shape index (κ3) is 4.17. The molecule has 0 fully saturated rings. The molecule has 0 unspecified atom stereocenters. The van der Waals surface area contributed by atoms with Crippen molar-refractivity contribution in [2.75, 3.05) is 12.4 Å². The summed E-state index contributed by atoms with van der Waals surface area (Å²) < 4.78 is 6.00. The number of benzene rings is 1. The molecule has 0 aliphatic heterocycles. The van der Waals surface area contributed by atoms with Crippen LogP contribution in [0.25, 0.3) is 0 Å². The molecule has 1 amide bonds. The lowest BCUT2D eigenvalue weighted by molar-refractivity contribution is 0.102. The van der Waals surface area contributed by atoms with E-state index in [1.54, 1.807) is 13.2 Å². The molecule has 21 heavy (non-hydrogen) atoms. The van der Waals surface area contributed by atoms with Crippen LogP contribution in [0.5, 0.6) is 0 Å². The largest absolute Gasteiger partial charge is 0.380 e. The van der Waals surface area contributed by atoms with Crippen molar-refractivity contribution in [3.05, 3.63) is 56.2 Å². The maximum absolute atomic E-state index is 12.3. The average molecular weight is 390 g/mol. The molecule has 0 aliphatic carbocycles. The molecule has 0 saturated heterocycles. The molecule has 4 nitrogen and oxygen atoms in total. The number of amides is 1. The molecule has 0 atom stereocenters. The summed E-state index contributed by atoms with van der Waals surface area (Å²) in [6.45, 7) is 0.370. The van der Waals surface area contributed by atoms with Gasteiger partial charge in [-0.25, -0.2) is 4.98 Å². The van der Waals surface area contributed by atoms with Crippen molar-refractivity contribution in [1.82, 2.24) is 4.98 Å². The molecule has 110 valence electrons. The quantitative estimate of drug-likeness (QED) is 0.780. The van der Waals surface area contributed by atoms with Crippen LogP contribution in [0.1, 0.15) is 15.9 Å². The number of aromatic nitrogens is 1. The van der Waals surface area contributed by atoms with E-state index in [2.05, 4.69) is 26.2 Å². The zero-order chi connectivity index (χ0) is 15.4. The summed E-state index contributed by atoms with van der Waals surface area (Å²) in [7, 11) is 1.59. The van der Waals surface area contributed by atoms with Gasteiger partial charge in [0.05, 0.1) is 6.61 Å². The predicted octanol–water partition coefficient (Wildman–Crippen LogP) is 4.55. The van der Waals surface area contributed by atoms with Crippen LogP contribution in [0.2, 0.25) is 10.3 Å². The second-order valence-electron chi connectivity index (χ2n) is 4.15. The van der Waals surface area contributed by atoms with E-state index < -0.39 is 0 Å². The average Bonchev–Trinajstić information content (AvgIpc) is 2.41. The molecule has 0 saturated carbocycles. The lowest BCUT2D eigenvalue weighted by Crippen LogP contribution is -2.14. The normalized spacial score (nSPS) is 10.5. The van der Waals surface area contributed by atoms with Crippen molar-refractivity contribution in [2.45, 2.75) is 6.61 Å². The Morgan fingerprint density at radius 1 is 1.33 bits per heavy atom. The molecular weight excluding hydrogens is 379 g/mol. The topological polar surface area (TPSA) is 51.2 Å². The minimum atomic E-state index is -0.323. The lowest BCUT2D eigenvalue weighted by atomic mass is 10.1. The Morgan fingerprint density at radius 2 is 2.00 bits per heavy atom. The molecule has 1 N–H and O–H groups in total. The molecule has 7 heteroatoms. The number of carbonyl (C=O) groups excluding carboxylic acids is 1. The van der Waals surface area contributed by atoms with Crippen molar-refractivity contribution in [3.8, 4) is 0 Å². The van der Waals surface area contributed by atoms with Crippen molar-refractivity contribution >= 4 is 50.7 Å². The Bertz CT molecular complexity index is 660. The third-order valence-electron chi connectivity index (χ3n) is 2.68. The fourth-order valence-electron chi connectivity index (χ4n) is 1.76. The van der Waals surface area contributed by atoms with Gasteiger partial charge >= 0.3 is 0 Å². The zero-order valence-electron chi connectivity index (χ0n) is 11.0. The number of nitrogens with zero attached hydrogens (tertiary/aromatic N) is 1. The summed E-state index contributed by atoms with van der Waals surface area (Å²) in [4.78, 5) is 16.1. The van der Waals surface area contributed by atoms with Crippen LogP contribution in [0.15, 0.2) is 34.8 Å². The maximum Gasteiger partial charge on any atom is 0.255 e. The highest BCUT2D eigenvalue weighted by molar-refractivity contribution is 9.10. The van der Waals surface area contributed by atoms with E-state index in [1.807, 2.05) is 12.1 Å². The van der Waals surface area contributed by atoms with Crippen LogP contribution < -0.4 is 5.32 Å². The second kappa shape index (κ2) is 7.22. The first kappa shape index (κ1) is 16.2. The first-order valence-electron chi connectivity index (χ1n) is 5.92. The molecule has 0 spiro atoms. The number of anilines is 1. The van der Waals surface area contributed by atoms with Gasteiger partial charge in [-0.2, -0.15) is 0 Å². The number of halogens is 3. The van der Waals surface area contributed by atoms with Gasteiger partial charge < -0.3 is 10.1 Å². The van der Waals surface area contributed by atoms with Crippen LogP contribution in [-0.2, 0) is 11.3 Å². The van der Waals surface area contributed by atoms with Crippen LogP contribution >= 0.6 is 39.1 Å². The number of methoxy groups -OCH3 is 1. The number of hydrogen-bond donors (Lipinski definition) is 1. The van der Waals surface area contributed by atoms with E-state index in [-0.39, 0.29) is 16.2 Å². The summed E-state index contributed by atoms with van der Waals surface area (Å²) in [6, 6.07) is 8.41. The minimum absolute atomic E-state index is 0.166. The van der Waals surface area contributed by atoms with E-state index >= 15 is 0 Å². The lowest BCUT2D eigenvalue weighted by Gasteiger charge is -2.12. The summed E-state index contributed by atoms with van der Waals surface area (Å²) in [6.07, 6.45) is 0. The maximum atomic E-state index is 12.3. The van der Waals surface area contributed by atoms with Gasteiger partial charge in [0.15, 0.2) is 0 Å². The second-order valence-corrected chi connectivity index (χ2v) is 5.78. The van der Waals surface area contributed by atoms with Crippen molar-refractivity contribution < 1.29 is 9.53 Å². The fourth-order valence-corrected chi connectivity index (χ4v) is 2.70. The van der Waals surface area contributed by atoms with Crippen LogP contribution in [0, 0.1) is 0 Å². The van der Waals surface area contributed by atoms with Gasteiger partial charge in [0.25, 0.3) is 5.91 Å². The van der Waals surface area contributed by atoms with E-state index in [4.69, 9.17) is 27.9 Å². The van der Waals surface area contributed by atoms with Crippen molar-refractivity contribution in [1.29, 1.82) is 0 Å². The Morgan fingerprint density at radius 3 is 2.62 bits per heavy atom. The Hall–Kier alpha value is -1.14. The van der Waals surface area contributed by atoms with Crippen molar-refractivity contribution in [3.63, 3.8) is 0 Å². The van der Waals surface area contributed by atoms with Crippen LogP contribution in [0.3, 0.4) is 0 Å². The molecule has 0 radical (unpaired) electrons. The van der Waals surface area contributed by atoms with Gasteiger partial charge in [0.2, 0.25) is 0 Å². The summed E-state index contributed by atoms with van der Waals surface area (Å²) in [5.74, 6) is -0.323. The Kier molecular flexibility index (Phi) is 5.58. The predicted molar refractivity (Wildman–Crippen MR) is 87.1 cm³/mol. The highest BCUT2D eigenvalue weighted by Gasteiger charge is 2.13. The Labute approximate surface area is 140 Å². The first-order chi connectivity index (χ1) is 10.0. The highest BCUT2D eigenvalue weighted by atomic mass is 79.9. The Balaban J connectivity index is 2.29. The number of nitrogens with one attached hydrogen (secondary N) is 1. The zero-order valence-corrected chi connectivity index (χ0v) is 14.1. The van der Waals surface area contributed by atoms with Gasteiger partial charge in [0.1, 0.15) is 10.3 Å². The molecule has 1 heterocycles. The summed E-state index contributed by atoms with van der Waals surface area (Å²) in [5, 5.41) is 3.14. The number of pyridine rings is 1. The summed E-state index contributed by atoms with van der Waals surface area (Å²) >= 11 is 15.0. The molecule has 0 aliphatic rings. The molecule has 1 aromatic carbocycles. The smallest absolute Gasteiger partial charge is 0.255 e. The highest BCUT2D eigenvalue weighted by Crippen LogP contribution is 2.26. The van der Waals surface area contributed by atoms with E-state index in [0.29, 0.717) is 17.9 Å². The standard InChI is InChI=1S/C14H11BrCl2N2O2/c1-21-7-9-10(15)3-2-4-11(9)18-14(20)8-5-12(16)19-13(17)6-8/h2-6H,7H2,1H3,(H,18,20). The van der Waals surface area contributed by atoms with E-state index in [1.165, 1.54) is 12.1 Å². The summed E-state index contributed by atoms with van der Waals surface area (Å²) in [5.41, 5.74) is 1.84. The number of ether oxygens (including phenoxy) is 1. The van der Waals surface area contributed by atoms with Crippen LogP contribution in [-0.4, -0.2) is 18.0 Å². The van der Waals surface area contributed by atoms with Gasteiger partial charge in [-0.05, 0) is 24.3 Å². The molecule has 2 aromatic rings. The van der Waals surface area contributed by atoms with Crippen LogP contribution in [0.4, 0.5) is 5.69 Å². The molecule has 0 bridgehead atoms. The number of carbonyl (C=O) groups is 1.